The first-order valence-electron chi connectivity index (χ1n) is 17.4. The maximum atomic E-state index is 12.0. The van der Waals surface area contributed by atoms with E-state index in [-0.39, 0.29) is 11.7 Å². The molecule has 2 aliphatic rings. The van der Waals surface area contributed by atoms with Gasteiger partial charge in [0, 0.05) is 18.1 Å². The lowest BCUT2D eigenvalue weighted by molar-refractivity contribution is -0.131. The van der Waals surface area contributed by atoms with Crippen molar-refractivity contribution in [1.82, 2.24) is 9.97 Å². The Morgan fingerprint density at radius 3 is 1.63 bits per heavy atom. The van der Waals surface area contributed by atoms with Crippen LogP contribution in [0.5, 0.6) is 11.5 Å². The van der Waals surface area contributed by atoms with Crippen molar-refractivity contribution in [2.24, 2.45) is 0 Å². The quantitative estimate of drug-likeness (QED) is 0.136. The number of ether oxygens (including phenoxy) is 3. The number of aromatic hydroxyl groups is 1. The summed E-state index contributed by atoms with van der Waals surface area (Å²) in [5.41, 5.74) is 10.6. The number of aromatic nitrogens is 2. The third-order valence-corrected chi connectivity index (χ3v) is 8.71. The SMILES string of the molecule is CCOC(=O)c1cccc(C2=C(c3cc(C)ccc3O)CCC2)n1.CCOC(=O)c1cccc(C2=C(c3cc(C)ccc3OC(C)=O)CCC2)n1. The van der Waals surface area contributed by atoms with E-state index < -0.39 is 11.9 Å². The molecular weight excluding hydrogens is 644 g/mol. The number of carbonyl (C=O) groups is 3. The molecule has 1 N–H and O–H groups in total. The van der Waals surface area contributed by atoms with E-state index in [9.17, 15) is 19.5 Å². The van der Waals surface area contributed by atoms with Gasteiger partial charge in [-0.3, -0.25) is 4.79 Å². The molecule has 0 atom stereocenters. The second-order valence-corrected chi connectivity index (χ2v) is 12.5. The highest BCUT2D eigenvalue weighted by molar-refractivity contribution is 5.96. The van der Waals surface area contributed by atoms with Crippen molar-refractivity contribution in [2.75, 3.05) is 13.2 Å². The number of pyridine rings is 2. The molecule has 0 fully saturated rings. The number of benzene rings is 2. The van der Waals surface area contributed by atoms with E-state index in [2.05, 4.69) is 9.97 Å². The fraction of sp³-hybridized carbons (Fsp3) is 0.310. The van der Waals surface area contributed by atoms with Gasteiger partial charge in [-0.05, 0) is 137 Å². The monoisotopic (exact) mass is 688 g/mol. The number of rotatable bonds is 9. The first-order valence-corrected chi connectivity index (χ1v) is 17.4. The summed E-state index contributed by atoms with van der Waals surface area (Å²) in [6, 6.07) is 22.2. The van der Waals surface area contributed by atoms with E-state index in [0.717, 1.165) is 94.5 Å². The van der Waals surface area contributed by atoms with E-state index in [1.165, 1.54) is 6.92 Å². The fourth-order valence-electron chi connectivity index (χ4n) is 6.51. The molecule has 0 radical (unpaired) electrons. The van der Waals surface area contributed by atoms with Gasteiger partial charge in [0.2, 0.25) is 0 Å². The Bertz CT molecular complexity index is 2010. The minimum Gasteiger partial charge on any atom is -0.507 e. The molecule has 0 aliphatic heterocycles. The largest absolute Gasteiger partial charge is 0.507 e. The van der Waals surface area contributed by atoms with E-state index in [1.807, 2.05) is 68.4 Å². The Labute approximate surface area is 299 Å². The first kappa shape index (κ1) is 36.7. The number of carbonyl (C=O) groups excluding carboxylic acids is 3. The van der Waals surface area contributed by atoms with Gasteiger partial charge in [-0.2, -0.15) is 0 Å². The average molecular weight is 689 g/mol. The predicted octanol–water partition coefficient (Wildman–Crippen LogP) is 8.95. The van der Waals surface area contributed by atoms with Crippen molar-refractivity contribution >= 4 is 40.2 Å². The zero-order valence-electron chi connectivity index (χ0n) is 29.9. The molecule has 9 heteroatoms. The summed E-state index contributed by atoms with van der Waals surface area (Å²) >= 11 is 0. The molecular formula is C42H44N2O7. The Kier molecular flexibility index (Phi) is 12.2. The van der Waals surface area contributed by atoms with Gasteiger partial charge in [-0.1, -0.05) is 35.4 Å². The minimum absolute atomic E-state index is 0.288. The number of nitrogens with zero attached hydrogens (tertiary/aromatic N) is 2. The van der Waals surface area contributed by atoms with Gasteiger partial charge in [0.1, 0.15) is 22.9 Å². The zero-order chi connectivity index (χ0) is 36.5. The van der Waals surface area contributed by atoms with Crippen molar-refractivity contribution in [1.29, 1.82) is 0 Å². The second-order valence-electron chi connectivity index (χ2n) is 12.5. The van der Waals surface area contributed by atoms with Crippen LogP contribution in [0.3, 0.4) is 0 Å². The summed E-state index contributed by atoms with van der Waals surface area (Å²) in [6.07, 6.45) is 5.53. The molecule has 2 heterocycles. The van der Waals surface area contributed by atoms with Gasteiger partial charge in [0.05, 0.1) is 24.6 Å². The third-order valence-electron chi connectivity index (χ3n) is 8.71. The van der Waals surface area contributed by atoms with E-state index in [1.54, 1.807) is 32.0 Å². The summed E-state index contributed by atoms with van der Waals surface area (Å²) in [5.74, 6) is -0.322. The summed E-state index contributed by atoms with van der Waals surface area (Å²) < 4.78 is 15.5. The lowest BCUT2D eigenvalue weighted by atomic mass is 9.97. The Hall–Kier alpha value is -5.57. The lowest BCUT2D eigenvalue weighted by Crippen LogP contribution is -2.08. The van der Waals surface area contributed by atoms with Gasteiger partial charge >= 0.3 is 17.9 Å². The van der Waals surface area contributed by atoms with Crippen molar-refractivity contribution in [2.45, 2.75) is 73.1 Å². The molecule has 0 saturated carbocycles. The van der Waals surface area contributed by atoms with Crippen LogP contribution in [0.4, 0.5) is 0 Å². The fourth-order valence-corrected chi connectivity index (χ4v) is 6.51. The van der Waals surface area contributed by atoms with Crippen molar-refractivity contribution in [3.8, 4) is 11.5 Å². The van der Waals surface area contributed by atoms with Gasteiger partial charge in [-0.25, -0.2) is 19.6 Å². The topological polar surface area (TPSA) is 125 Å². The van der Waals surface area contributed by atoms with Crippen LogP contribution >= 0.6 is 0 Å². The predicted molar refractivity (Wildman–Crippen MR) is 197 cm³/mol. The standard InChI is InChI=1S/C22H23NO4.C20H21NO3/c1-4-26-22(25)20-10-6-9-19(23-20)17-8-5-7-16(17)18-13-14(2)11-12-21(18)27-15(3)24;1-3-24-20(23)18-9-5-8-17(21-18)15-7-4-6-14(15)16-12-13(2)10-11-19(16)22/h6,9-13H,4-5,7-8H2,1-3H3;5,8-12,22H,3-4,6-7H2,1-2H3. The molecule has 0 unspecified atom stereocenters. The lowest BCUT2D eigenvalue weighted by Gasteiger charge is -2.14. The van der Waals surface area contributed by atoms with Crippen LogP contribution in [0.25, 0.3) is 22.3 Å². The molecule has 264 valence electrons. The molecule has 9 nitrogen and oxygen atoms in total. The van der Waals surface area contributed by atoms with E-state index in [0.29, 0.717) is 30.4 Å². The molecule has 51 heavy (non-hydrogen) atoms. The number of esters is 3. The number of phenols is 1. The third kappa shape index (κ3) is 8.97. The van der Waals surface area contributed by atoms with Crippen LogP contribution in [0, 0.1) is 13.8 Å². The van der Waals surface area contributed by atoms with Crippen molar-refractivity contribution in [3.05, 3.63) is 118 Å². The first-order chi connectivity index (χ1) is 24.6. The smallest absolute Gasteiger partial charge is 0.356 e. The molecule has 0 bridgehead atoms. The number of allylic oxidation sites excluding steroid dienone is 4. The van der Waals surface area contributed by atoms with E-state index in [4.69, 9.17) is 14.2 Å². The summed E-state index contributed by atoms with van der Waals surface area (Å²) in [7, 11) is 0. The zero-order valence-corrected chi connectivity index (χ0v) is 29.9. The highest BCUT2D eigenvalue weighted by Gasteiger charge is 2.24. The molecule has 0 amide bonds. The molecule has 0 spiro atoms. The van der Waals surface area contributed by atoms with Crippen LogP contribution in [-0.4, -0.2) is 46.2 Å². The van der Waals surface area contributed by atoms with Gasteiger partial charge in [-0.15, -0.1) is 0 Å². The summed E-state index contributed by atoms with van der Waals surface area (Å²) in [5, 5.41) is 10.2. The summed E-state index contributed by atoms with van der Waals surface area (Å²) in [4.78, 5) is 44.5. The molecule has 4 aromatic rings. The van der Waals surface area contributed by atoms with Crippen LogP contribution in [-0.2, 0) is 14.3 Å². The highest BCUT2D eigenvalue weighted by atomic mass is 16.5. The molecule has 6 rings (SSSR count). The Balaban J connectivity index is 0.000000199. The van der Waals surface area contributed by atoms with Gasteiger partial charge in [0.25, 0.3) is 0 Å². The Morgan fingerprint density at radius 1 is 0.647 bits per heavy atom. The number of phenolic OH excluding ortho intramolecular Hbond substituents is 1. The number of hydrogen-bond donors (Lipinski definition) is 1. The van der Waals surface area contributed by atoms with E-state index >= 15 is 0 Å². The van der Waals surface area contributed by atoms with Crippen molar-refractivity contribution in [3.63, 3.8) is 0 Å². The second kappa shape index (κ2) is 16.9. The summed E-state index contributed by atoms with van der Waals surface area (Å²) in [6.45, 7) is 9.61. The highest BCUT2D eigenvalue weighted by Crippen LogP contribution is 2.43. The number of hydrogen-bond acceptors (Lipinski definition) is 9. The maximum Gasteiger partial charge on any atom is 0.356 e. The van der Waals surface area contributed by atoms with Crippen LogP contribution in [0.1, 0.15) is 114 Å². The average Bonchev–Trinajstić information content (AvgIpc) is 3.82. The van der Waals surface area contributed by atoms with Crippen LogP contribution in [0.2, 0.25) is 0 Å². The normalized spacial score (nSPS) is 13.8. The van der Waals surface area contributed by atoms with Gasteiger partial charge in [0.15, 0.2) is 0 Å². The molecule has 2 aromatic carbocycles. The van der Waals surface area contributed by atoms with Gasteiger partial charge < -0.3 is 19.3 Å². The maximum absolute atomic E-state index is 12.0. The Morgan fingerprint density at radius 2 is 1.12 bits per heavy atom. The molecule has 2 aliphatic carbocycles. The molecule has 0 saturated heterocycles. The molecule has 2 aromatic heterocycles. The minimum atomic E-state index is -0.421. The van der Waals surface area contributed by atoms with Crippen molar-refractivity contribution < 1.29 is 33.7 Å². The van der Waals surface area contributed by atoms with Crippen LogP contribution < -0.4 is 4.74 Å². The van der Waals surface area contributed by atoms with Crippen LogP contribution in [0.15, 0.2) is 72.8 Å². The number of aryl methyl sites for hydroxylation is 2.